The molecule has 1 aliphatic heterocycles. The minimum absolute atomic E-state index is 0.103. The van der Waals surface area contributed by atoms with E-state index in [-0.39, 0.29) is 24.3 Å². The van der Waals surface area contributed by atoms with Crippen LogP contribution in [-0.2, 0) is 9.53 Å². The maximum atomic E-state index is 14.0. The average molecular weight is 585 g/mol. The van der Waals surface area contributed by atoms with E-state index in [1.165, 1.54) is 18.4 Å². The molecule has 1 aliphatic rings. The summed E-state index contributed by atoms with van der Waals surface area (Å²) in [5.41, 5.74) is 2.58. The van der Waals surface area contributed by atoms with Crippen LogP contribution in [0.1, 0.15) is 29.7 Å². The Balaban J connectivity index is 1.75. The summed E-state index contributed by atoms with van der Waals surface area (Å²) >= 11 is 7.42. The summed E-state index contributed by atoms with van der Waals surface area (Å²) in [5, 5.41) is 0.537. The normalized spacial score (nSPS) is 14.6. The number of benzene rings is 3. The summed E-state index contributed by atoms with van der Waals surface area (Å²) in [5.74, 6) is 2.87. The van der Waals surface area contributed by atoms with E-state index in [1.807, 2.05) is 36.4 Å². The molecule has 0 saturated carbocycles. The Labute approximate surface area is 245 Å². The topological polar surface area (TPSA) is 79.1 Å². The highest BCUT2D eigenvalue weighted by atomic mass is 35.5. The zero-order valence-electron chi connectivity index (χ0n) is 22.3. The molecule has 9 heteroatoms. The first kappa shape index (κ1) is 28.0. The van der Waals surface area contributed by atoms with Crippen molar-refractivity contribution in [3.8, 4) is 23.8 Å². The third-order valence-corrected chi connectivity index (χ3v) is 7.59. The van der Waals surface area contributed by atoms with E-state index in [2.05, 4.69) is 5.92 Å². The zero-order chi connectivity index (χ0) is 28.9. The molecular formula is C32H25ClN2O5S. The summed E-state index contributed by atoms with van der Waals surface area (Å²) in [7, 11) is 1.53. The van der Waals surface area contributed by atoms with Crippen molar-refractivity contribution in [3.05, 3.63) is 120 Å². The number of fused-ring (bicyclic) bond motifs is 1. The Morgan fingerprint density at radius 3 is 2.56 bits per heavy atom. The summed E-state index contributed by atoms with van der Waals surface area (Å²) in [6.07, 6.45) is 7.07. The first-order valence-corrected chi connectivity index (χ1v) is 13.9. The van der Waals surface area contributed by atoms with Gasteiger partial charge in [-0.1, -0.05) is 77.4 Å². The van der Waals surface area contributed by atoms with Gasteiger partial charge >= 0.3 is 5.97 Å². The Hall–Kier alpha value is -4.58. The second-order valence-corrected chi connectivity index (χ2v) is 10.3. The molecule has 0 spiro atoms. The number of ether oxygens (including phenoxy) is 3. The van der Waals surface area contributed by atoms with Gasteiger partial charge in [-0.3, -0.25) is 9.36 Å². The number of nitrogens with zero attached hydrogens (tertiary/aromatic N) is 2. The number of aromatic nitrogens is 1. The molecule has 0 fully saturated rings. The van der Waals surface area contributed by atoms with Crippen molar-refractivity contribution in [2.45, 2.75) is 13.0 Å². The fourth-order valence-corrected chi connectivity index (χ4v) is 5.69. The van der Waals surface area contributed by atoms with Crippen molar-refractivity contribution in [2.75, 3.05) is 20.3 Å². The number of terminal acetylenes is 1. The molecule has 0 aliphatic carbocycles. The van der Waals surface area contributed by atoms with E-state index in [1.54, 1.807) is 54.0 Å². The predicted molar refractivity (Wildman–Crippen MR) is 160 cm³/mol. The van der Waals surface area contributed by atoms with Crippen molar-refractivity contribution in [3.63, 3.8) is 0 Å². The molecule has 1 atom stereocenters. The SMILES string of the molecule is C#CCOc1ccc(/C=c2\sc3n(c2=O)[C@H](c2ccc(Cl)cc2)C(C(=O)OCC)=C(c2ccccc2)N=3)cc1OC. The molecule has 4 aromatic rings. The number of carbonyl (C=O) groups excluding carboxylic acids is 1. The van der Waals surface area contributed by atoms with Gasteiger partial charge in [0.25, 0.3) is 5.56 Å². The monoisotopic (exact) mass is 584 g/mol. The van der Waals surface area contributed by atoms with Gasteiger partial charge in [0.1, 0.15) is 6.61 Å². The number of esters is 1. The second-order valence-electron chi connectivity index (χ2n) is 8.89. The molecule has 0 saturated heterocycles. The molecule has 206 valence electrons. The van der Waals surface area contributed by atoms with Crippen LogP contribution in [0.3, 0.4) is 0 Å². The zero-order valence-corrected chi connectivity index (χ0v) is 23.9. The number of thiazole rings is 1. The summed E-state index contributed by atoms with van der Waals surface area (Å²) in [6.45, 7) is 2.01. The highest BCUT2D eigenvalue weighted by Crippen LogP contribution is 2.35. The number of rotatable bonds is 8. The lowest BCUT2D eigenvalue weighted by Gasteiger charge is -2.25. The van der Waals surface area contributed by atoms with E-state index in [9.17, 15) is 9.59 Å². The first-order valence-electron chi connectivity index (χ1n) is 12.7. The van der Waals surface area contributed by atoms with Gasteiger partial charge in [-0.15, -0.1) is 6.42 Å². The molecule has 5 rings (SSSR count). The third kappa shape index (κ3) is 5.68. The van der Waals surface area contributed by atoms with Gasteiger partial charge in [0.15, 0.2) is 16.3 Å². The molecule has 1 aromatic heterocycles. The number of carbonyl (C=O) groups is 1. The lowest BCUT2D eigenvalue weighted by molar-refractivity contribution is -0.138. The smallest absolute Gasteiger partial charge is 0.338 e. The van der Waals surface area contributed by atoms with Gasteiger partial charge in [-0.2, -0.15) is 0 Å². The maximum Gasteiger partial charge on any atom is 0.338 e. The van der Waals surface area contributed by atoms with Crippen molar-refractivity contribution in [2.24, 2.45) is 4.99 Å². The Morgan fingerprint density at radius 2 is 1.88 bits per heavy atom. The molecule has 0 amide bonds. The summed E-state index contributed by atoms with van der Waals surface area (Å²) < 4.78 is 18.5. The van der Waals surface area contributed by atoms with Gasteiger partial charge in [0.2, 0.25) is 0 Å². The first-order chi connectivity index (χ1) is 19.9. The van der Waals surface area contributed by atoms with Gasteiger partial charge < -0.3 is 14.2 Å². The predicted octanol–water partition coefficient (Wildman–Crippen LogP) is 4.61. The van der Waals surface area contributed by atoms with Crippen LogP contribution in [0.25, 0.3) is 11.8 Å². The largest absolute Gasteiger partial charge is 0.493 e. The third-order valence-electron chi connectivity index (χ3n) is 6.36. The van der Waals surface area contributed by atoms with Gasteiger partial charge in [-0.25, -0.2) is 9.79 Å². The fourth-order valence-electron chi connectivity index (χ4n) is 4.56. The van der Waals surface area contributed by atoms with E-state index >= 15 is 0 Å². The highest BCUT2D eigenvalue weighted by Gasteiger charge is 2.35. The molecule has 0 unspecified atom stereocenters. The van der Waals surface area contributed by atoms with Crippen LogP contribution in [0.2, 0.25) is 5.02 Å². The van der Waals surface area contributed by atoms with E-state index in [0.717, 1.165) is 11.1 Å². The van der Waals surface area contributed by atoms with Gasteiger partial charge in [0, 0.05) is 10.6 Å². The van der Waals surface area contributed by atoms with Gasteiger partial charge in [-0.05, 0) is 48.4 Å². The van der Waals surface area contributed by atoms with Crippen LogP contribution in [0.5, 0.6) is 11.5 Å². The van der Waals surface area contributed by atoms with E-state index < -0.39 is 12.0 Å². The molecular weight excluding hydrogens is 560 g/mol. The van der Waals surface area contributed by atoms with Crippen molar-refractivity contribution >= 4 is 40.7 Å². The molecule has 41 heavy (non-hydrogen) atoms. The van der Waals surface area contributed by atoms with Crippen molar-refractivity contribution < 1.29 is 19.0 Å². The van der Waals surface area contributed by atoms with Crippen LogP contribution in [0.15, 0.2) is 88.2 Å². The number of hydrogen-bond acceptors (Lipinski definition) is 7. The molecule has 0 N–H and O–H groups in total. The lowest BCUT2D eigenvalue weighted by atomic mass is 9.93. The molecule has 2 heterocycles. The van der Waals surface area contributed by atoms with Crippen LogP contribution >= 0.6 is 22.9 Å². The van der Waals surface area contributed by atoms with E-state index in [0.29, 0.717) is 37.1 Å². The van der Waals surface area contributed by atoms with Crippen LogP contribution in [0.4, 0.5) is 0 Å². The summed E-state index contributed by atoms with van der Waals surface area (Å²) in [6, 6.07) is 21.0. The fraction of sp³-hybridized carbons (Fsp3) is 0.156. The van der Waals surface area contributed by atoms with Crippen LogP contribution in [-0.4, -0.2) is 30.9 Å². The lowest BCUT2D eigenvalue weighted by Crippen LogP contribution is -2.40. The molecule has 0 radical (unpaired) electrons. The highest BCUT2D eigenvalue weighted by molar-refractivity contribution is 7.07. The molecule has 7 nitrogen and oxygen atoms in total. The standard InChI is InChI=1S/C32H25ClN2O5S/c1-4-17-40-24-16-11-20(18-25(24)38-3)19-26-30(36)35-29(22-12-14-23(33)15-13-22)27(31(37)39-5-2)28(34-32(35)41-26)21-9-7-6-8-10-21/h1,6-16,18-19,29H,5,17H2,2-3H3/b26-19-/t29-/m1/s1. The van der Waals surface area contributed by atoms with E-state index in [4.69, 9.17) is 37.2 Å². The molecule has 0 bridgehead atoms. The quantitative estimate of drug-likeness (QED) is 0.223. The van der Waals surface area contributed by atoms with Crippen LogP contribution < -0.4 is 24.4 Å². The minimum atomic E-state index is -0.783. The second kappa shape index (κ2) is 12.3. The number of hydrogen-bond donors (Lipinski definition) is 0. The maximum absolute atomic E-state index is 14.0. The summed E-state index contributed by atoms with van der Waals surface area (Å²) in [4.78, 5) is 32.8. The Kier molecular flexibility index (Phi) is 8.39. The minimum Gasteiger partial charge on any atom is -0.493 e. The number of halogens is 1. The number of methoxy groups -OCH3 is 1. The van der Waals surface area contributed by atoms with Crippen molar-refractivity contribution in [1.29, 1.82) is 0 Å². The Morgan fingerprint density at radius 1 is 1.12 bits per heavy atom. The van der Waals surface area contributed by atoms with Crippen LogP contribution in [0, 0.1) is 12.3 Å². The molecule has 3 aromatic carbocycles. The Bertz CT molecular complexity index is 1850. The van der Waals surface area contributed by atoms with Crippen molar-refractivity contribution in [1.82, 2.24) is 4.57 Å². The van der Waals surface area contributed by atoms with Gasteiger partial charge in [0.05, 0.1) is 35.6 Å². The average Bonchev–Trinajstić information content (AvgIpc) is 3.30.